The number of methoxy groups -OCH3 is 3. The zero-order valence-corrected chi connectivity index (χ0v) is 19.8. The van der Waals surface area contributed by atoms with Crippen LogP contribution in [0.25, 0.3) is 21.9 Å². The van der Waals surface area contributed by atoms with Crippen molar-refractivity contribution in [3.05, 3.63) is 46.8 Å². The van der Waals surface area contributed by atoms with Crippen LogP contribution in [-0.2, 0) is 18.9 Å². The number of amides is 1. The monoisotopic (exact) mass is 468 g/mol. The van der Waals surface area contributed by atoms with Gasteiger partial charge in [0.2, 0.25) is 5.91 Å². The average Bonchev–Trinajstić information content (AvgIpc) is 3.11. The molecule has 0 aliphatic carbocycles. The first-order chi connectivity index (χ1) is 15.9. The fraction of sp³-hybridized carbons (Fsp3) is 0.261. The van der Waals surface area contributed by atoms with Crippen LogP contribution < -0.4 is 25.1 Å². The van der Waals surface area contributed by atoms with Gasteiger partial charge in [-0.2, -0.15) is 0 Å². The largest absolute Gasteiger partial charge is 0.497 e. The van der Waals surface area contributed by atoms with Crippen LogP contribution in [0.3, 0.4) is 0 Å². The summed E-state index contributed by atoms with van der Waals surface area (Å²) in [6, 6.07) is 10.7. The molecule has 0 saturated heterocycles. The van der Waals surface area contributed by atoms with Crippen LogP contribution in [0.15, 0.2) is 46.3 Å². The Kier molecular flexibility index (Phi) is 6.19. The normalized spacial score (nSPS) is 11.1. The highest BCUT2D eigenvalue weighted by Crippen LogP contribution is 2.31. The lowest BCUT2D eigenvalue weighted by Gasteiger charge is -2.11. The van der Waals surface area contributed by atoms with Gasteiger partial charge in [0.15, 0.2) is 16.7 Å². The summed E-state index contributed by atoms with van der Waals surface area (Å²) in [6.45, 7) is 0. The molecule has 0 bridgehead atoms. The van der Waals surface area contributed by atoms with Crippen molar-refractivity contribution in [3.63, 3.8) is 0 Å². The standard InChI is InChI=1S/C23H24N4O5S/c1-26-16-8-7-14(30-3)11-15(16)20-21(26)22(29)27(2)23(25-20)33-12-19(28)24-13-6-9-17(31-4)18(10-13)32-5/h6-11H,12H2,1-5H3,(H,24,28). The molecule has 1 amide bonds. The minimum atomic E-state index is -0.235. The number of benzene rings is 2. The van der Waals surface area contributed by atoms with Crippen LogP contribution in [0.4, 0.5) is 5.69 Å². The second kappa shape index (κ2) is 9.07. The Morgan fingerprint density at radius 3 is 2.45 bits per heavy atom. The molecule has 33 heavy (non-hydrogen) atoms. The number of nitrogens with zero attached hydrogens (tertiary/aromatic N) is 3. The van der Waals surface area contributed by atoms with E-state index in [1.807, 2.05) is 29.8 Å². The number of carbonyl (C=O) groups is 1. The Bertz CT molecular complexity index is 1430. The average molecular weight is 469 g/mol. The van der Waals surface area contributed by atoms with Crippen molar-refractivity contribution >= 4 is 45.3 Å². The van der Waals surface area contributed by atoms with Crippen LogP contribution >= 0.6 is 11.8 Å². The third kappa shape index (κ3) is 4.09. The van der Waals surface area contributed by atoms with Gasteiger partial charge in [0.25, 0.3) is 5.56 Å². The highest BCUT2D eigenvalue weighted by atomic mass is 32.2. The Morgan fingerprint density at radius 2 is 1.76 bits per heavy atom. The molecule has 2 heterocycles. The van der Waals surface area contributed by atoms with Gasteiger partial charge in [-0.25, -0.2) is 4.98 Å². The Hall–Kier alpha value is -3.66. The number of hydrogen-bond donors (Lipinski definition) is 1. The molecule has 0 aliphatic heterocycles. The summed E-state index contributed by atoms with van der Waals surface area (Å²) < 4.78 is 19.1. The molecular weight excluding hydrogens is 444 g/mol. The predicted octanol–water partition coefficient (Wildman–Crippen LogP) is 3.18. The van der Waals surface area contributed by atoms with Gasteiger partial charge in [-0.15, -0.1) is 0 Å². The maximum Gasteiger partial charge on any atom is 0.278 e. The van der Waals surface area contributed by atoms with Crippen molar-refractivity contribution in [2.45, 2.75) is 5.16 Å². The molecule has 2 aromatic heterocycles. The third-order valence-corrected chi connectivity index (χ3v) is 6.41. The van der Waals surface area contributed by atoms with Crippen molar-refractivity contribution in [2.75, 3.05) is 32.4 Å². The van der Waals surface area contributed by atoms with Crippen LogP contribution in [0.2, 0.25) is 0 Å². The summed E-state index contributed by atoms with van der Waals surface area (Å²) in [5.74, 6) is 1.61. The quantitative estimate of drug-likeness (QED) is 0.329. The highest BCUT2D eigenvalue weighted by Gasteiger charge is 2.18. The smallest absolute Gasteiger partial charge is 0.278 e. The van der Waals surface area contributed by atoms with Gasteiger partial charge < -0.3 is 24.1 Å². The van der Waals surface area contributed by atoms with Gasteiger partial charge in [-0.05, 0) is 30.3 Å². The lowest BCUT2D eigenvalue weighted by atomic mass is 10.2. The number of hydrogen-bond acceptors (Lipinski definition) is 7. The molecule has 9 nitrogen and oxygen atoms in total. The molecule has 4 rings (SSSR count). The van der Waals surface area contributed by atoms with E-state index in [-0.39, 0.29) is 17.2 Å². The number of nitrogens with one attached hydrogen (secondary N) is 1. The predicted molar refractivity (Wildman–Crippen MR) is 129 cm³/mol. The summed E-state index contributed by atoms with van der Waals surface area (Å²) in [5, 5.41) is 4.10. The molecule has 0 atom stereocenters. The number of ether oxygens (including phenoxy) is 3. The van der Waals surface area contributed by atoms with Crippen LogP contribution in [-0.4, -0.2) is 47.1 Å². The lowest BCUT2D eigenvalue weighted by Crippen LogP contribution is -2.22. The number of carbonyl (C=O) groups excluding carboxylic acids is 1. The Balaban J connectivity index is 1.61. The first-order valence-corrected chi connectivity index (χ1v) is 11.0. The van der Waals surface area contributed by atoms with Crippen molar-refractivity contribution in [2.24, 2.45) is 14.1 Å². The summed E-state index contributed by atoms with van der Waals surface area (Å²) in [5.41, 5.74) is 2.36. The molecule has 10 heteroatoms. The topological polar surface area (TPSA) is 96.6 Å². The molecule has 4 aromatic rings. The van der Waals surface area contributed by atoms with Gasteiger partial charge >= 0.3 is 0 Å². The Labute approximate surface area is 194 Å². The molecule has 0 radical (unpaired) electrons. The second-order valence-corrected chi connectivity index (χ2v) is 8.25. The van der Waals surface area contributed by atoms with E-state index in [0.29, 0.717) is 39.1 Å². The molecular formula is C23H24N4O5S. The number of anilines is 1. The summed E-state index contributed by atoms with van der Waals surface area (Å²) in [6.07, 6.45) is 0. The highest BCUT2D eigenvalue weighted by molar-refractivity contribution is 7.99. The van der Waals surface area contributed by atoms with Crippen LogP contribution in [0.5, 0.6) is 17.2 Å². The summed E-state index contributed by atoms with van der Waals surface area (Å²) in [7, 11) is 8.17. The number of aryl methyl sites for hydroxylation is 1. The van der Waals surface area contributed by atoms with Gasteiger partial charge in [0, 0.05) is 31.2 Å². The van der Waals surface area contributed by atoms with Crippen molar-refractivity contribution in [3.8, 4) is 17.2 Å². The van der Waals surface area contributed by atoms with Crippen LogP contribution in [0.1, 0.15) is 0 Å². The van der Waals surface area contributed by atoms with E-state index in [2.05, 4.69) is 5.32 Å². The molecule has 172 valence electrons. The number of fused-ring (bicyclic) bond motifs is 3. The summed E-state index contributed by atoms with van der Waals surface area (Å²) in [4.78, 5) is 30.4. The lowest BCUT2D eigenvalue weighted by molar-refractivity contribution is -0.113. The number of thioether (sulfide) groups is 1. The maximum atomic E-state index is 13.1. The van der Waals surface area contributed by atoms with Crippen molar-refractivity contribution in [1.82, 2.24) is 14.1 Å². The van der Waals surface area contributed by atoms with Gasteiger partial charge in [0.05, 0.1) is 32.6 Å². The van der Waals surface area contributed by atoms with E-state index in [1.54, 1.807) is 39.5 Å². The van der Waals surface area contributed by atoms with Gasteiger partial charge in [-0.3, -0.25) is 14.2 Å². The molecule has 0 fully saturated rings. The van der Waals surface area contributed by atoms with Gasteiger partial charge in [0.1, 0.15) is 16.8 Å². The fourth-order valence-corrected chi connectivity index (χ4v) is 4.44. The van der Waals surface area contributed by atoms with E-state index in [9.17, 15) is 9.59 Å². The molecule has 0 aliphatic rings. The summed E-state index contributed by atoms with van der Waals surface area (Å²) >= 11 is 1.19. The molecule has 0 spiro atoms. The second-order valence-electron chi connectivity index (χ2n) is 7.30. The molecule has 2 aromatic carbocycles. The van der Waals surface area contributed by atoms with E-state index in [4.69, 9.17) is 19.2 Å². The van der Waals surface area contributed by atoms with Gasteiger partial charge in [-0.1, -0.05) is 11.8 Å². The van der Waals surface area contributed by atoms with E-state index in [0.717, 1.165) is 10.9 Å². The molecule has 0 unspecified atom stereocenters. The minimum Gasteiger partial charge on any atom is -0.497 e. The van der Waals surface area contributed by atoms with E-state index in [1.165, 1.54) is 23.4 Å². The van der Waals surface area contributed by atoms with E-state index >= 15 is 0 Å². The first-order valence-electron chi connectivity index (χ1n) is 10.1. The molecule has 0 saturated carbocycles. The SMILES string of the molecule is COc1ccc2c(c1)c1nc(SCC(=O)Nc3ccc(OC)c(OC)c3)n(C)c(=O)c1n2C. The minimum absolute atomic E-state index is 0.0776. The molecule has 1 N–H and O–H groups in total. The van der Waals surface area contributed by atoms with E-state index < -0.39 is 0 Å². The Morgan fingerprint density at radius 1 is 1.00 bits per heavy atom. The maximum absolute atomic E-state index is 13.1. The van der Waals surface area contributed by atoms with Crippen molar-refractivity contribution in [1.29, 1.82) is 0 Å². The van der Waals surface area contributed by atoms with Crippen LogP contribution in [0, 0.1) is 0 Å². The zero-order valence-electron chi connectivity index (χ0n) is 19.0. The zero-order chi connectivity index (χ0) is 23.7. The third-order valence-electron chi connectivity index (χ3n) is 5.38. The number of aromatic nitrogens is 3. The van der Waals surface area contributed by atoms with Crippen molar-refractivity contribution < 1.29 is 19.0 Å². The number of rotatable bonds is 7. The fourth-order valence-electron chi connectivity index (χ4n) is 3.68. The first kappa shape index (κ1) is 22.5.